The van der Waals surface area contributed by atoms with E-state index in [4.69, 9.17) is 0 Å². The number of hydrogen-bond acceptors (Lipinski definition) is 2. The zero-order chi connectivity index (χ0) is 21.1. The lowest BCUT2D eigenvalue weighted by Crippen LogP contribution is -2.54. The predicted octanol–water partition coefficient (Wildman–Crippen LogP) is 5.37. The van der Waals surface area contributed by atoms with Crippen LogP contribution >= 0.6 is 0 Å². The Morgan fingerprint density at radius 1 is 1.37 bits per heavy atom. The molecule has 0 saturated carbocycles. The fourth-order valence-electron chi connectivity index (χ4n) is 6.10. The van der Waals surface area contributed by atoms with Crippen molar-refractivity contribution in [2.45, 2.75) is 64.8 Å². The van der Waals surface area contributed by atoms with Gasteiger partial charge in [0.2, 0.25) is 5.91 Å². The van der Waals surface area contributed by atoms with Crippen molar-refractivity contribution in [2.24, 2.45) is 11.3 Å². The molecule has 4 rings (SSSR count). The first-order valence-corrected chi connectivity index (χ1v) is 11.8. The maximum atomic E-state index is 13.2. The van der Waals surface area contributed by atoms with Crippen molar-refractivity contribution in [2.75, 3.05) is 19.6 Å². The first kappa shape index (κ1) is 21.2. The smallest absolute Gasteiger partial charge is 0.223 e. The summed E-state index contributed by atoms with van der Waals surface area (Å²) in [7, 11) is 0. The van der Waals surface area contributed by atoms with Crippen LogP contribution in [0, 0.1) is 11.3 Å². The monoisotopic (exact) mass is 407 g/mol. The van der Waals surface area contributed by atoms with Gasteiger partial charge in [0.05, 0.1) is 6.04 Å². The second-order valence-electron chi connectivity index (χ2n) is 9.24. The maximum Gasteiger partial charge on any atom is 0.223 e. The number of amides is 1. The van der Waals surface area contributed by atoms with Crippen molar-refractivity contribution in [3.8, 4) is 0 Å². The minimum Gasteiger partial charge on any atom is -0.357 e. The molecule has 0 bridgehead atoms. The quantitative estimate of drug-likeness (QED) is 0.457. The van der Waals surface area contributed by atoms with E-state index in [-0.39, 0.29) is 17.2 Å². The van der Waals surface area contributed by atoms with E-state index in [0.29, 0.717) is 6.04 Å². The highest BCUT2D eigenvalue weighted by molar-refractivity contribution is 5.85. The van der Waals surface area contributed by atoms with E-state index in [1.807, 2.05) is 6.08 Å². The Kier molecular flexibility index (Phi) is 6.33. The molecule has 1 fully saturated rings. The van der Waals surface area contributed by atoms with Gasteiger partial charge in [0.15, 0.2) is 0 Å². The maximum absolute atomic E-state index is 13.2. The predicted molar refractivity (Wildman–Crippen MR) is 124 cm³/mol. The van der Waals surface area contributed by atoms with Gasteiger partial charge in [0.1, 0.15) is 0 Å². The van der Waals surface area contributed by atoms with Gasteiger partial charge < -0.3 is 10.3 Å². The molecular formula is C26H37N3O. The van der Waals surface area contributed by atoms with Crippen molar-refractivity contribution in [1.82, 2.24) is 15.2 Å². The topological polar surface area (TPSA) is 48.1 Å². The number of benzene rings is 1. The van der Waals surface area contributed by atoms with E-state index in [0.717, 1.165) is 58.2 Å². The average Bonchev–Trinajstić information content (AvgIpc) is 3.16. The van der Waals surface area contributed by atoms with Gasteiger partial charge in [0, 0.05) is 41.0 Å². The number of fused-ring (bicyclic) bond motifs is 5. The summed E-state index contributed by atoms with van der Waals surface area (Å²) < 4.78 is 0. The number of carbonyl (C=O) groups is 1. The van der Waals surface area contributed by atoms with Crippen molar-refractivity contribution in [3.63, 3.8) is 0 Å². The first-order chi connectivity index (χ1) is 14.6. The summed E-state index contributed by atoms with van der Waals surface area (Å²) in [6.07, 6.45) is 9.49. The molecule has 2 aliphatic heterocycles. The van der Waals surface area contributed by atoms with Crippen LogP contribution in [0.15, 0.2) is 36.9 Å². The Labute approximate surface area is 181 Å². The molecule has 0 radical (unpaired) electrons. The summed E-state index contributed by atoms with van der Waals surface area (Å²) in [6, 6.07) is 8.98. The van der Waals surface area contributed by atoms with E-state index < -0.39 is 0 Å². The molecule has 2 aliphatic rings. The minimum atomic E-state index is -0.0283. The number of hydrogen-bond donors (Lipinski definition) is 2. The number of aromatic amines is 1. The molecule has 1 amide bonds. The fourth-order valence-corrected chi connectivity index (χ4v) is 6.10. The molecule has 4 heteroatoms. The number of piperidine rings is 1. The van der Waals surface area contributed by atoms with Crippen molar-refractivity contribution < 1.29 is 4.79 Å². The average molecular weight is 408 g/mol. The minimum absolute atomic E-state index is 0.00735. The molecule has 1 aromatic heterocycles. The van der Waals surface area contributed by atoms with E-state index in [2.05, 4.69) is 59.9 Å². The second kappa shape index (κ2) is 8.97. The van der Waals surface area contributed by atoms with Crippen LogP contribution in [0.2, 0.25) is 0 Å². The van der Waals surface area contributed by atoms with Gasteiger partial charge in [-0.3, -0.25) is 9.69 Å². The zero-order valence-corrected chi connectivity index (χ0v) is 18.7. The van der Waals surface area contributed by atoms with Gasteiger partial charge in [-0.25, -0.2) is 0 Å². The summed E-state index contributed by atoms with van der Waals surface area (Å²) in [5, 5.41) is 4.60. The van der Waals surface area contributed by atoms with Gasteiger partial charge in [-0.1, -0.05) is 38.1 Å². The number of aromatic nitrogens is 1. The van der Waals surface area contributed by atoms with Crippen LogP contribution in [0.4, 0.5) is 0 Å². The Morgan fingerprint density at radius 2 is 2.20 bits per heavy atom. The molecule has 30 heavy (non-hydrogen) atoms. The standard InChI is InChI=1S/C26H37N3O/c1-4-6-7-10-16-27-25(30)19(3)26(5-2)15-11-17-29-18-14-21-20-12-8-9-13-22(20)28-23(21)24(26)29/h4,8-9,12-13,19,24,28H,1,5-7,10-11,14-18H2,2-3H3,(H,27,30)/t19?,24-,26+/m1/s1. The van der Waals surface area contributed by atoms with Gasteiger partial charge in [-0.15, -0.1) is 6.58 Å². The molecule has 1 unspecified atom stereocenters. The molecular weight excluding hydrogens is 370 g/mol. The Bertz CT molecular complexity index is 901. The number of carbonyl (C=O) groups excluding carboxylic acids is 1. The van der Waals surface area contributed by atoms with Crippen LogP contribution in [0.3, 0.4) is 0 Å². The summed E-state index contributed by atoms with van der Waals surface area (Å²) in [4.78, 5) is 19.7. The lowest BCUT2D eigenvalue weighted by Gasteiger charge is -2.54. The molecule has 3 heterocycles. The lowest BCUT2D eigenvalue weighted by atomic mass is 9.61. The molecule has 2 aromatic rings. The van der Waals surface area contributed by atoms with E-state index >= 15 is 0 Å². The van der Waals surface area contributed by atoms with Crippen LogP contribution in [0.1, 0.15) is 69.7 Å². The lowest BCUT2D eigenvalue weighted by molar-refractivity contribution is -0.134. The summed E-state index contributed by atoms with van der Waals surface area (Å²) in [5.74, 6) is 0.215. The van der Waals surface area contributed by atoms with Crippen molar-refractivity contribution in [3.05, 3.63) is 48.2 Å². The van der Waals surface area contributed by atoms with Crippen LogP contribution in [0.5, 0.6) is 0 Å². The number of para-hydroxylation sites is 1. The zero-order valence-electron chi connectivity index (χ0n) is 18.7. The van der Waals surface area contributed by atoms with E-state index in [1.165, 1.54) is 28.6 Å². The summed E-state index contributed by atoms with van der Waals surface area (Å²) in [5.41, 5.74) is 4.05. The highest BCUT2D eigenvalue weighted by atomic mass is 16.1. The third-order valence-electron chi connectivity index (χ3n) is 7.81. The molecule has 2 N–H and O–H groups in total. The van der Waals surface area contributed by atoms with Crippen LogP contribution in [0.25, 0.3) is 10.9 Å². The van der Waals surface area contributed by atoms with Crippen molar-refractivity contribution in [1.29, 1.82) is 0 Å². The van der Waals surface area contributed by atoms with Gasteiger partial charge in [0.25, 0.3) is 0 Å². The van der Waals surface area contributed by atoms with Gasteiger partial charge in [-0.05, 0) is 63.1 Å². The molecule has 3 atom stereocenters. The Balaban J connectivity index is 1.63. The molecule has 4 nitrogen and oxygen atoms in total. The normalized spacial score (nSPS) is 24.8. The Hall–Kier alpha value is -2.07. The second-order valence-corrected chi connectivity index (χ2v) is 9.24. The number of nitrogens with one attached hydrogen (secondary N) is 2. The van der Waals surface area contributed by atoms with Gasteiger partial charge >= 0.3 is 0 Å². The number of allylic oxidation sites excluding steroid dienone is 1. The largest absolute Gasteiger partial charge is 0.357 e. The number of H-pyrrole nitrogens is 1. The highest BCUT2D eigenvalue weighted by Gasteiger charge is 2.52. The SMILES string of the molecule is C=CCCCCNC(=O)C(C)[C@]1(CC)CCCN2CCc3c([nH]c4ccccc34)[C@@H]21. The molecule has 1 saturated heterocycles. The highest BCUT2D eigenvalue weighted by Crippen LogP contribution is 2.55. The first-order valence-electron chi connectivity index (χ1n) is 11.8. The molecule has 162 valence electrons. The van der Waals surface area contributed by atoms with Crippen LogP contribution in [-0.4, -0.2) is 35.4 Å². The Morgan fingerprint density at radius 3 is 3.00 bits per heavy atom. The molecule has 0 aliphatic carbocycles. The summed E-state index contributed by atoms with van der Waals surface area (Å²) >= 11 is 0. The van der Waals surface area contributed by atoms with E-state index in [1.54, 1.807) is 0 Å². The number of unbranched alkanes of at least 4 members (excludes halogenated alkanes) is 2. The van der Waals surface area contributed by atoms with Gasteiger partial charge in [-0.2, -0.15) is 0 Å². The van der Waals surface area contributed by atoms with Crippen LogP contribution < -0.4 is 5.32 Å². The van der Waals surface area contributed by atoms with Crippen LogP contribution in [-0.2, 0) is 11.2 Å². The third kappa shape index (κ3) is 3.60. The molecule has 1 aromatic carbocycles. The fraction of sp³-hybridized carbons (Fsp3) is 0.577. The van der Waals surface area contributed by atoms with E-state index in [9.17, 15) is 4.79 Å². The summed E-state index contributed by atoms with van der Waals surface area (Å²) in [6.45, 7) is 11.2. The number of nitrogens with zero attached hydrogens (tertiary/aromatic N) is 1. The molecule has 0 spiro atoms. The third-order valence-corrected chi connectivity index (χ3v) is 7.81. The van der Waals surface area contributed by atoms with Crippen molar-refractivity contribution >= 4 is 16.8 Å². The number of rotatable bonds is 8.